The van der Waals surface area contributed by atoms with E-state index in [9.17, 15) is 13.2 Å². The van der Waals surface area contributed by atoms with E-state index in [1.165, 1.54) is 6.42 Å². The Kier molecular flexibility index (Phi) is 7.38. The monoisotopic (exact) mass is 481 g/mol. The Morgan fingerprint density at radius 3 is 2.38 bits per heavy atom. The number of amides is 1. The molecule has 2 aromatic carbocycles. The molecule has 4 rings (SSSR count). The fourth-order valence-electron chi connectivity index (χ4n) is 4.20. The molecule has 1 aliphatic rings. The van der Waals surface area contributed by atoms with Crippen LogP contribution in [0.4, 0.5) is 5.69 Å². The van der Waals surface area contributed by atoms with Crippen molar-refractivity contribution in [1.82, 2.24) is 10.2 Å². The van der Waals surface area contributed by atoms with Crippen molar-refractivity contribution < 1.29 is 17.6 Å². The zero-order valence-electron chi connectivity index (χ0n) is 19.6. The predicted molar refractivity (Wildman–Crippen MR) is 132 cm³/mol. The van der Waals surface area contributed by atoms with Gasteiger partial charge in [0.1, 0.15) is 5.76 Å². The number of rotatable bonds is 8. The summed E-state index contributed by atoms with van der Waals surface area (Å²) in [5.74, 6) is 0.635. The van der Waals surface area contributed by atoms with Gasteiger partial charge in [-0.15, -0.1) is 0 Å². The van der Waals surface area contributed by atoms with Gasteiger partial charge in [0.2, 0.25) is 0 Å². The summed E-state index contributed by atoms with van der Waals surface area (Å²) in [7, 11) is -3.71. The quantitative estimate of drug-likeness (QED) is 0.489. The van der Waals surface area contributed by atoms with Crippen molar-refractivity contribution in [1.29, 1.82) is 0 Å². The van der Waals surface area contributed by atoms with E-state index in [0.29, 0.717) is 17.8 Å². The number of carbonyl (C=O) groups excluding carboxylic acids is 1. The Hall–Kier alpha value is -3.10. The van der Waals surface area contributed by atoms with Crippen LogP contribution in [0.3, 0.4) is 0 Å². The average Bonchev–Trinajstić information content (AvgIpc) is 3.36. The van der Waals surface area contributed by atoms with E-state index in [-0.39, 0.29) is 16.8 Å². The van der Waals surface area contributed by atoms with Gasteiger partial charge in [-0.05, 0) is 99.4 Å². The summed E-state index contributed by atoms with van der Waals surface area (Å²) in [5.41, 5.74) is 2.80. The third-order valence-electron chi connectivity index (χ3n) is 6.35. The minimum atomic E-state index is -3.71. The summed E-state index contributed by atoms with van der Waals surface area (Å²) in [6.45, 7) is 6.22. The summed E-state index contributed by atoms with van der Waals surface area (Å²) in [6.07, 6.45) is 5.18. The van der Waals surface area contributed by atoms with Crippen molar-refractivity contribution in [3.8, 4) is 0 Å². The Morgan fingerprint density at radius 2 is 1.74 bits per heavy atom. The number of hydrogen-bond donors (Lipinski definition) is 2. The molecule has 1 aliphatic heterocycles. The van der Waals surface area contributed by atoms with Crippen LogP contribution in [0.25, 0.3) is 0 Å². The number of benzene rings is 2. The highest BCUT2D eigenvalue weighted by Gasteiger charge is 2.25. The number of hydrogen-bond acceptors (Lipinski definition) is 5. The molecule has 0 saturated carbocycles. The third kappa shape index (κ3) is 5.69. The second kappa shape index (κ2) is 10.4. The number of furan rings is 1. The molecular weight excluding hydrogens is 450 g/mol. The van der Waals surface area contributed by atoms with Crippen molar-refractivity contribution in [2.75, 3.05) is 24.4 Å². The topological polar surface area (TPSA) is 91.6 Å². The fraction of sp³-hybridized carbons (Fsp3) is 0.346. The van der Waals surface area contributed by atoms with Crippen molar-refractivity contribution in [3.63, 3.8) is 0 Å². The molecule has 7 nitrogen and oxygen atoms in total. The third-order valence-corrected chi connectivity index (χ3v) is 7.73. The molecule has 0 bridgehead atoms. The van der Waals surface area contributed by atoms with Crippen molar-refractivity contribution in [2.45, 2.75) is 44.0 Å². The largest absolute Gasteiger partial charge is 0.468 e. The van der Waals surface area contributed by atoms with Gasteiger partial charge in [0.15, 0.2) is 0 Å². The van der Waals surface area contributed by atoms with E-state index >= 15 is 0 Å². The summed E-state index contributed by atoms with van der Waals surface area (Å²) >= 11 is 0. The zero-order chi connectivity index (χ0) is 24.1. The van der Waals surface area contributed by atoms with Gasteiger partial charge in [0.05, 0.1) is 17.2 Å². The van der Waals surface area contributed by atoms with Crippen LogP contribution in [0, 0.1) is 13.8 Å². The maximum atomic E-state index is 12.8. The molecule has 1 atom stereocenters. The van der Waals surface area contributed by atoms with E-state index in [2.05, 4.69) is 14.9 Å². The molecule has 0 spiro atoms. The van der Waals surface area contributed by atoms with Gasteiger partial charge < -0.3 is 9.73 Å². The molecule has 1 amide bonds. The average molecular weight is 482 g/mol. The summed E-state index contributed by atoms with van der Waals surface area (Å²) in [5, 5.41) is 3.01. The first-order valence-electron chi connectivity index (χ1n) is 11.6. The zero-order valence-corrected chi connectivity index (χ0v) is 20.4. The predicted octanol–water partition coefficient (Wildman–Crippen LogP) is 4.65. The lowest BCUT2D eigenvalue weighted by Gasteiger charge is -2.33. The van der Waals surface area contributed by atoms with Gasteiger partial charge in [0, 0.05) is 17.8 Å². The van der Waals surface area contributed by atoms with Crippen LogP contribution in [0.15, 0.2) is 70.2 Å². The number of aryl methyl sites for hydroxylation is 2. The molecule has 0 radical (unpaired) electrons. The highest BCUT2D eigenvalue weighted by atomic mass is 32.2. The van der Waals surface area contributed by atoms with E-state index in [0.717, 1.165) is 42.8 Å². The number of carbonyl (C=O) groups is 1. The van der Waals surface area contributed by atoms with Gasteiger partial charge in [0.25, 0.3) is 15.9 Å². The van der Waals surface area contributed by atoms with E-state index in [1.807, 2.05) is 26.0 Å². The van der Waals surface area contributed by atoms with Crippen molar-refractivity contribution >= 4 is 21.6 Å². The molecule has 3 aromatic rings. The normalized spacial score (nSPS) is 15.6. The number of nitrogens with one attached hydrogen (secondary N) is 2. The van der Waals surface area contributed by atoms with Crippen LogP contribution in [-0.2, 0) is 10.0 Å². The standard InChI is InChI=1S/C26H31N3O4S/c1-19-8-13-23(17-20(19)2)34(31,32)28-22-11-9-21(10-12-22)26(30)27-18-24(25-7-6-16-33-25)29-14-4-3-5-15-29/h6-13,16-17,24,28H,3-5,14-15,18H2,1-2H3,(H,27,30). The molecule has 1 fully saturated rings. The molecule has 2 heterocycles. The first-order valence-corrected chi connectivity index (χ1v) is 13.1. The van der Waals surface area contributed by atoms with E-state index in [4.69, 9.17) is 4.42 Å². The van der Waals surface area contributed by atoms with Crippen LogP contribution < -0.4 is 10.0 Å². The molecular formula is C26H31N3O4S. The molecule has 1 saturated heterocycles. The Bertz CT molecular complexity index is 1220. The van der Waals surface area contributed by atoms with Crippen LogP contribution in [0.5, 0.6) is 0 Å². The van der Waals surface area contributed by atoms with Gasteiger partial charge in [-0.3, -0.25) is 14.4 Å². The van der Waals surface area contributed by atoms with Gasteiger partial charge in [-0.1, -0.05) is 12.5 Å². The minimum absolute atomic E-state index is 0.0108. The van der Waals surface area contributed by atoms with Crippen LogP contribution >= 0.6 is 0 Å². The molecule has 1 unspecified atom stereocenters. The fourth-order valence-corrected chi connectivity index (χ4v) is 5.34. The van der Waals surface area contributed by atoms with Crippen molar-refractivity contribution in [3.05, 3.63) is 83.3 Å². The smallest absolute Gasteiger partial charge is 0.261 e. The lowest BCUT2D eigenvalue weighted by molar-refractivity contribution is 0.0914. The SMILES string of the molecule is Cc1ccc(S(=O)(=O)Nc2ccc(C(=O)NCC(c3ccco3)N3CCCCC3)cc2)cc1C. The Balaban J connectivity index is 1.40. The highest BCUT2D eigenvalue weighted by Crippen LogP contribution is 2.25. The minimum Gasteiger partial charge on any atom is -0.468 e. The molecule has 8 heteroatoms. The molecule has 2 N–H and O–H groups in total. The number of nitrogens with zero attached hydrogens (tertiary/aromatic N) is 1. The number of sulfonamides is 1. The molecule has 0 aliphatic carbocycles. The maximum Gasteiger partial charge on any atom is 0.261 e. The lowest BCUT2D eigenvalue weighted by atomic mass is 10.1. The molecule has 1 aromatic heterocycles. The van der Waals surface area contributed by atoms with Crippen molar-refractivity contribution in [2.24, 2.45) is 0 Å². The summed E-state index contributed by atoms with van der Waals surface area (Å²) in [6, 6.07) is 15.3. The molecule has 180 valence electrons. The second-order valence-corrected chi connectivity index (χ2v) is 10.4. The molecule has 34 heavy (non-hydrogen) atoms. The van der Waals surface area contributed by atoms with E-state index in [1.54, 1.807) is 48.7 Å². The van der Waals surface area contributed by atoms with Crippen LogP contribution in [0.1, 0.15) is 52.5 Å². The van der Waals surface area contributed by atoms with Gasteiger partial charge >= 0.3 is 0 Å². The number of piperidine rings is 1. The Labute approximate surface area is 201 Å². The number of likely N-dealkylation sites (tertiary alicyclic amines) is 1. The second-order valence-electron chi connectivity index (χ2n) is 8.77. The van der Waals surface area contributed by atoms with Crippen LogP contribution in [-0.4, -0.2) is 38.9 Å². The van der Waals surface area contributed by atoms with Gasteiger partial charge in [-0.2, -0.15) is 0 Å². The number of anilines is 1. The maximum absolute atomic E-state index is 12.8. The van der Waals surface area contributed by atoms with Crippen LogP contribution in [0.2, 0.25) is 0 Å². The lowest BCUT2D eigenvalue weighted by Crippen LogP contribution is -2.40. The Morgan fingerprint density at radius 1 is 1.00 bits per heavy atom. The highest BCUT2D eigenvalue weighted by molar-refractivity contribution is 7.92. The first kappa shape index (κ1) is 24.0. The first-order chi connectivity index (χ1) is 16.3. The summed E-state index contributed by atoms with van der Waals surface area (Å²) < 4.78 is 33.7. The van der Waals surface area contributed by atoms with Gasteiger partial charge in [-0.25, -0.2) is 8.42 Å². The van der Waals surface area contributed by atoms with E-state index < -0.39 is 10.0 Å². The summed E-state index contributed by atoms with van der Waals surface area (Å²) in [4.78, 5) is 15.4.